The van der Waals surface area contributed by atoms with Crippen molar-refractivity contribution in [3.63, 3.8) is 0 Å². The number of nitrogens with two attached hydrogens (primary N) is 2. The highest BCUT2D eigenvalue weighted by atomic mass is 16.6. The number of allylic oxidation sites excluding steroid dienone is 1. The Bertz CT molecular complexity index is 270. The predicted molar refractivity (Wildman–Crippen MR) is 44.3 cm³/mol. The second-order valence-electron chi connectivity index (χ2n) is 2.14. The number of ether oxygens (including phenoxy) is 1. The summed E-state index contributed by atoms with van der Waals surface area (Å²) in [7, 11) is 0. The van der Waals surface area contributed by atoms with E-state index in [0.717, 1.165) is 0 Å². The Morgan fingerprint density at radius 1 is 1.46 bits per heavy atom. The van der Waals surface area contributed by atoms with Gasteiger partial charge in [0.15, 0.2) is 5.88 Å². The molecule has 5 N–H and O–H groups in total. The third-order valence-electron chi connectivity index (χ3n) is 1.07. The van der Waals surface area contributed by atoms with Crippen molar-refractivity contribution in [1.82, 2.24) is 0 Å². The van der Waals surface area contributed by atoms with Gasteiger partial charge >= 0.3 is 12.1 Å². The number of carboxylic acids is 1. The zero-order valence-electron chi connectivity index (χ0n) is 6.82. The molecule has 1 amide bonds. The number of aliphatic carboxylic acids is 1. The van der Waals surface area contributed by atoms with E-state index >= 15 is 0 Å². The fraction of sp³-hybridized carbons (Fsp3) is 0.143. The van der Waals surface area contributed by atoms with Crippen molar-refractivity contribution in [3.05, 3.63) is 24.1 Å². The van der Waals surface area contributed by atoms with Crippen LogP contribution in [-0.4, -0.2) is 17.2 Å². The summed E-state index contributed by atoms with van der Waals surface area (Å²) in [5.74, 6) is -1.38. The van der Waals surface area contributed by atoms with Gasteiger partial charge in [0.05, 0.1) is 0 Å². The van der Waals surface area contributed by atoms with Crippen molar-refractivity contribution in [3.8, 4) is 0 Å². The Balaban J connectivity index is 4.04. The van der Waals surface area contributed by atoms with E-state index in [1.54, 1.807) is 0 Å². The minimum Gasteiger partial charge on any atom is -0.478 e. The third-order valence-corrected chi connectivity index (χ3v) is 1.07. The maximum atomic E-state index is 10.2. The van der Waals surface area contributed by atoms with Gasteiger partial charge in [-0.15, -0.1) is 0 Å². The third kappa shape index (κ3) is 5.31. The Labute approximate surface area is 74.5 Å². The SMILES string of the molecule is C=C(C/C=C(\N)OC(N)=O)C(=O)O. The molecule has 0 aliphatic rings. The van der Waals surface area contributed by atoms with E-state index in [1.165, 1.54) is 6.08 Å². The first-order valence-electron chi connectivity index (χ1n) is 3.27. The quantitative estimate of drug-likeness (QED) is 0.419. The van der Waals surface area contributed by atoms with Gasteiger partial charge in [-0.2, -0.15) is 0 Å². The standard InChI is InChI=1S/C7H10N2O4/c1-4(6(10)11)2-3-5(8)13-7(9)12/h3H,1-2,8H2,(H2,9,12)(H,10,11)/b5-3+. The van der Waals surface area contributed by atoms with E-state index in [0.29, 0.717) is 0 Å². The molecule has 13 heavy (non-hydrogen) atoms. The normalized spacial score (nSPS) is 10.6. The minimum absolute atomic E-state index is 0.00551. The van der Waals surface area contributed by atoms with Gasteiger partial charge in [0.25, 0.3) is 0 Å². The second kappa shape index (κ2) is 4.81. The van der Waals surface area contributed by atoms with Gasteiger partial charge in [0.2, 0.25) is 0 Å². The summed E-state index contributed by atoms with van der Waals surface area (Å²) < 4.78 is 4.22. The zero-order valence-corrected chi connectivity index (χ0v) is 6.82. The van der Waals surface area contributed by atoms with Crippen LogP contribution in [0.4, 0.5) is 4.79 Å². The molecule has 0 spiro atoms. The lowest BCUT2D eigenvalue weighted by Gasteiger charge is -1.99. The van der Waals surface area contributed by atoms with Gasteiger partial charge in [-0.3, -0.25) is 0 Å². The smallest absolute Gasteiger partial charge is 0.411 e. The lowest BCUT2D eigenvalue weighted by atomic mass is 10.2. The fourth-order valence-corrected chi connectivity index (χ4v) is 0.469. The van der Waals surface area contributed by atoms with Gasteiger partial charge in [-0.25, -0.2) is 9.59 Å². The van der Waals surface area contributed by atoms with Gasteiger partial charge in [-0.05, 0) is 6.08 Å². The molecule has 0 heterocycles. The molecule has 0 aliphatic carbocycles. The zero-order chi connectivity index (χ0) is 10.4. The summed E-state index contributed by atoms with van der Waals surface area (Å²) in [6, 6.07) is 0. The van der Waals surface area contributed by atoms with Gasteiger partial charge in [-0.1, -0.05) is 6.58 Å². The molecular formula is C7H10N2O4. The maximum absolute atomic E-state index is 10.2. The molecule has 0 saturated heterocycles. The maximum Gasteiger partial charge on any atom is 0.411 e. The van der Waals surface area contributed by atoms with Crippen molar-refractivity contribution in [2.45, 2.75) is 6.42 Å². The molecule has 0 aliphatic heterocycles. The summed E-state index contributed by atoms with van der Waals surface area (Å²) in [4.78, 5) is 20.4. The lowest BCUT2D eigenvalue weighted by molar-refractivity contribution is -0.132. The molecule has 0 fully saturated rings. The molecule has 0 atom stereocenters. The van der Waals surface area contributed by atoms with Crippen molar-refractivity contribution < 1.29 is 19.4 Å². The number of carbonyl (C=O) groups is 2. The molecule has 0 rings (SSSR count). The summed E-state index contributed by atoms with van der Waals surface area (Å²) in [6.07, 6.45) is 0.144. The molecule has 0 bridgehead atoms. The Morgan fingerprint density at radius 2 is 2.00 bits per heavy atom. The highest BCUT2D eigenvalue weighted by Crippen LogP contribution is 2.01. The number of carboxylic acid groups (broad SMARTS) is 1. The molecule has 72 valence electrons. The molecule has 0 unspecified atom stereocenters. The van der Waals surface area contributed by atoms with Crippen LogP contribution in [0.3, 0.4) is 0 Å². The van der Waals surface area contributed by atoms with Gasteiger partial charge in [0, 0.05) is 12.0 Å². The first-order chi connectivity index (χ1) is 5.93. The monoisotopic (exact) mass is 186 g/mol. The van der Waals surface area contributed by atoms with E-state index in [-0.39, 0.29) is 17.9 Å². The van der Waals surface area contributed by atoms with Crippen LogP contribution in [0.15, 0.2) is 24.1 Å². The fourth-order valence-electron chi connectivity index (χ4n) is 0.469. The first kappa shape index (κ1) is 11.0. The van der Waals surface area contributed by atoms with E-state index in [2.05, 4.69) is 17.0 Å². The molecule has 0 aromatic carbocycles. The first-order valence-corrected chi connectivity index (χ1v) is 3.27. The van der Waals surface area contributed by atoms with E-state index in [4.69, 9.17) is 10.8 Å². The highest BCUT2D eigenvalue weighted by Gasteiger charge is 2.02. The number of hydrogen-bond acceptors (Lipinski definition) is 4. The van der Waals surface area contributed by atoms with Crippen LogP contribution < -0.4 is 11.5 Å². The van der Waals surface area contributed by atoms with Crippen molar-refractivity contribution >= 4 is 12.1 Å². The van der Waals surface area contributed by atoms with Crippen molar-refractivity contribution in [1.29, 1.82) is 0 Å². The second-order valence-corrected chi connectivity index (χ2v) is 2.14. The summed E-state index contributed by atoms with van der Waals surface area (Å²) in [6.45, 7) is 3.23. The van der Waals surface area contributed by atoms with Crippen LogP contribution in [0.2, 0.25) is 0 Å². The van der Waals surface area contributed by atoms with Crippen LogP contribution >= 0.6 is 0 Å². The average Bonchev–Trinajstić information content (AvgIpc) is 1.98. The molecular weight excluding hydrogens is 176 g/mol. The lowest BCUT2D eigenvalue weighted by Crippen LogP contribution is -2.16. The molecule has 0 aromatic rings. The Morgan fingerprint density at radius 3 is 2.38 bits per heavy atom. The number of hydrogen-bond donors (Lipinski definition) is 3. The predicted octanol–water partition coefficient (Wildman–Crippen LogP) is -0.0873. The number of primary amides is 1. The van der Waals surface area contributed by atoms with E-state index < -0.39 is 12.1 Å². The number of rotatable bonds is 4. The Kier molecular flexibility index (Phi) is 4.08. The molecule has 0 radical (unpaired) electrons. The van der Waals surface area contributed by atoms with Crippen LogP contribution in [0.5, 0.6) is 0 Å². The summed E-state index contributed by atoms with van der Waals surface area (Å²) >= 11 is 0. The van der Waals surface area contributed by atoms with Crippen molar-refractivity contribution in [2.24, 2.45) is 11.5 Å². The van der Waals surface area contributed by atoms with Crippen LogP contribution in [0, 0.1) is 0 Å². The molecule has 6 nitrogen and oxygen atoms in total. The Hall–Kier alpha value is -1.98. The van der Waals surface area contributed by atoms with Crippen LogP contribution in [0.25, 0.3) is 0 Å². The summed E-state index contributed by atoms with van der Waals surface area (Å²) in [5.41, 5.74) is 9.71. The van der Waals surface area contributed by atoms with Gasteiger partial charge < -0.3 is 21.3 Å². The van der Waals surface area contributed by atoms with Crippen LogP contribution in [-0.2, 0) is 9.53 Å². The molecule has 6 heteroatoms. The number of carbonyl (C=O) groups excluding carboxylic acids is 1. The average molecular weight is 186 g/mol. The summed E-state index contributed by atoms with van der Waals surface area (Å²) in [5, 5.41) is 8.37. The number of amides is 1. The van der Waals surface area contributed by atoms with Crippen LogP contribution in [0.1, 0.15) is 6.42 Å². The largest absolute Gasteiger partial charge is 0.478 e. The van der Waals surface area contributed by atoms with E-state index in [9.17, 15) is 9.59 Å². The highest BCUT2D eigenvalue weighted by molar-refractivity contribution is 5.86. The topological polar surface area (TPSA) is 116 Å². The van der Waals surface area contributed by atoms with E-state index in [1.807, 2.05) is 0 Å². The molecule has 0 saturated carbocycles. The molecule has 0 aromatic heterocycles. The van der Waals surface area contributed by atoms with Gasteiger partial charge in [0.1, 0.15) is 0 Å². The minimum atomic E-state index is -1.14. The van der Waals surface area contributed by atoms with Crippen molar-refractivity contribution in [2.75, 3.05) is 0 Å².